The zero-order valence-electron chi connectivity index (χ0n) is 9.56. The topological polar surface area (TPSA) is 29.1 Å². The fourth-order valence-corrected chi connectivity index (χ4v) is 2.29. The summed E-state index contributed by atoms with van der Waals surface area (Å²) < 4.78 is 0. The van der Waals surface area contributed by atoms with Gasteiger partial charge in [0.2, 0.25) is 5.91 Å². The highest BCUT2D eigenvalue weighted by atomic mass is 32.1. The predicted molar refractivity (Wildman–Crippen MR) is 70.9 cm³/mol. The second-order valence-corrected chi connectivity index (χ2v) is 4.87. The Hall–Kier alpha value is -1.61. The monoisotopic (exact) mass is 245 g/mol. The molecule has 2 rings (SSSR count). The highest BCUT2D eigenvalue weighted by Crippen LogP contribution is 2.10. The molecule has 17 heavy (non-hydrogen) atoms. The Balaban J connectivity index is 1.71. The number of thiophene rings is 1. The molecule has 2 nitrogen and oxygen atoms in total. The molecule has 1 aromatic heterocycles. The maximum absolute atomic E-state index is 11.6. The van der Waals surface area contributed by atoms with Crippen LogP contribution in [-0.2, 0) is 17.8 Å². The van der Waals surface area contributed by atoms with Gasteiger partial charge in [-0.2, -0.15) is 0 Å². The van der Waals surface area contributed by atoms with Crippen LogP contribution in [0.15, 0.2) is 47.8 Å². The largest absolute Gasteiger partial charge is 0.352 e. The van der Waals surface area contributed by atoms with Crippen LogP contribution in [0.4, 0.5) is 0 Å². The molecule has 1 heterocycles. The Morgan fingerprint density at radius 1 is 1.12 bits per heavy atom. The maximum atomic E-state index is 11.6. The van der Waals surface area contributed by atoms with Crippen LogP contribution in [0.1, 0.15) is 16.9 Å². The molecular weight excluding hydrogens is 230 g/mol. The summed E-state index contributed by atoms with van der Waals surface area (Å²) in [6.45, 7) is 0.615. The first kappa shape index (κ1) is 11.9. The van der Waals surface area contributed by atoms with Crippen molar-refractivity contribution in [2.45, 2.75) is 19.4 Å². The number of nitrogens with one attached hydrogen (secondary N) is 1. The number of carbonyl (C=O) groups is 1. The van der Waals surface area contributed by atoms with Crippen molar-refractivity contribution < 1.29 is 4.79 Å². The summed E-state index contributed by atoms with van der Waals surface area (Å²) in [4.78, 5) is 12.9. The first-order valence-corrected chi connectivity index (χ1v) is 6.55. The summed E-state index contributed by atoms with van der Waals surface area (Å²) in [7, 11) is 0. The van der Waals surface area contributed by atoms with E-state index in [2.05, 4.69) is 11.4 Å². The van der Waals surface area contributed by atoms with Crippen molar-refractivity contribution in [3.63, 3.8) is 0 Å². The number of rotatable bonds is 5. The molecule has 1 N–H and O–H groups in total. The van der Waals surface area contributed by atoms with Gasteiger partial charge in [-0.15, -0.1) is 11.3 Å². The van der Waals surface area contributed by atoms with Gasteiger partial charge in [-0.25, -0.2) is 0 Å². The molecule has 1 amide bonds. The average molecular weight is 245 g/mol. The van der Waals surface area contributed by atoms with Crippen LogP contribution in [-0.4, -0.2) is 5.91 Å². The molecule has 2 aromatic rings. The summed E-state index contributed by atoms with van der Waals surface area (Å²) in [5, 5.41) is 4.97. The van der Waals surface area contributed by atoms with Crippen LogP contribution in [0, 0.1) is 0 Å². The second kappa shape index (κ2) is 6.21. The van der Waals surface area contributed by atoms with Crippen molar-refractivity contribution in [1.29, 1.82) is 0 Å². The number of carbonyl (C=O) groups excluding carboxylic acids is 1. The lowest BCUT2D eigenvalue weighted by molar-refractivity contribution is -0.121. The molecule has 1 aromatic carbocycles. The van der Waals surface area contributed by atoms with E-state index < -0.39 is 0 Å². The number of benzene rings is 1. The Bertz CT molecular complexity index is 450. The highest BCUT2D eigenvalue weighted by molar-refractivity contribution is 7.09. The van der Waals surface area contributed by atoms with Crippen LogP contribution >= 0.6 is 11.3 Å². The molecule has 0 saturated carbocycles. The minimum atomic E-state index is 0.113. The lowest BCUT2D eigenvalue weighted by atomic mass is 10.2. The van der Waals surface area contributed by atoms with E-state index in [0.717, 1.165) is 12.0 Å². The van der Waals surface area contributed by atoms with E-state index in [1.165, 1.54) is 4.88 Å². The summed E-state index contributed by atoms with van der Waals surface area (Å²) in [6, 6.07) is 14.0. The molecular formula is C14H15NOS. The van der Waals surface area contributed by atoms with Crippen LogP contribution in [0.2, 0.25) is 0 Å². The molecule has 0 fully saturated rings. The highest BCUT2D eigenvalue weighted by Gasteiger charge is 2.02. The SMILES string of the molecule is O=C(CCc1cccs1)NCc1ccccc1. The summed E-state index contributed by atoms with van der Waals surface area (Å²) >= 11 is 1.70. The molecule has 88 valence electrons. The minimum absolute atomic E-state index is 0.113. The van der Waals surface area contributed by atoms with Gasteiger partial charge in [0.15, 0.2) is 0 Å². The fourth-order valence-electron chi connectivity index (χ4n) is 1.58. The number of hydrogen-bond donors (Lipinski definition) is 1. The fraction of sp³-hybridized carbons (Fsp3) is 0.214. The van der Waals surface area contributed by atoms with Crippen molar-refractivity contribution in [2.24, 2.45) is 0 Å². The zero-order valence-corrected chi connectivity index (χ0v) is 10.4. The molecule has 0 aliphatic rings. The molecule has 0 unspecified atom stereocenters. The molecule has 0 bridgehead atoms. The van der Waals surface area contributed by atoms with E-state index in [0.29, 0.717) is 13.0 Å². The van der Waals surface area contributed by atoms with E-state index >= 15 is 0 Å². The normalized spacial score (nSPS) is 10.1. The van der Waals surface area contributed by atoms with E-state index in [1.807, 2.05) is 41.8 Å². The first-order chi connectivity index (χ1) is 8.34. The smallest absolute Gasteiger partial charge is 0.220 e. The van der Waals surface area contributed by atoms with E-state index in [-0.39, 0.29) is 5.91 Å². The van der Waals surface area contributed by atoms with Crippen LogP contribution in [0.5, 0.6) is 0 Å². The number of hydrogen-bond acceptors (Lipinski definition) is 2. The van der Waals surface area contributed by atoms with Gasteiger partial charge in [0.05, 0.1) is 0 Å². The quantitative estimate of drug-likeness (QED) is 0.862. The Morgan fingerprint density at radius 2 is 1.94 bits per heavy atom. The molecule has 0 atom stereocenters. The molecule has 0 saturated heterocycles. The maximum Gasteiger partial charge on any atom is 0.220 e. The van der Waals surface area contributed by atoms with Crippen molar-refractivity contribution in [2.75, 3.05) is 0 Å². The molecule has 3 heteroatoms. The summed E-state index contributed by atoms with van der Waals surface area (Å²) in [6.07, 6.45) is 1.39. The minimum Gasteiger partial charge on any atom is -0.352 e. The molecule has 0 aliphatic carbocycles. The standard InChI is InChI=1S/C14H15NOS/c16-14(9-8-13-7-4-10-17-13)15-11-12-5-2-1-3-6-12/h1-7,10H,8-9,11H2,(H,15,16). The Labute approximate surface area is 105 Å². The van der Waals surface area contributed by atoms with Gasteiger partial charge in [-0.3, -0.25) is 4.79 Å². The van der Waals surface area contributed by atoms with E-state index in [1.54, 1.807) is 11.3 Å². The number of aryl methyl sites for hydroxylation is 1. The van der Waals surface area contributed by atoms with Crippen LogP contribution < -0.4 is 5.32 Å². The van der Waals surface area contributed by atoms with Crippen LogP contribution in [0.3, 0.4) is 0 Å². The third kappa shape index (κ3) is 4.04. The van der Waals surface area contributed by atoms with Gasteiger partial charge < -0.3 is 5.32 Å². The third-order valence-electron chi connectivity index (χ3n) is 2.51. The average Bonchev–Trinajstić information content (AvgIpc) is 2.88. The Kier molecular flexibility index (Phi) is 4.33. The van der Waals surface area contributed by atoms with Gasteiger partial charge in [0.25, 0.3) is 0 Å². The lowest BCUT2D eigenvalue weighted by Crippen LogP contribution is -2.22. The summed E-state index contributed by atoms with van der Waals surface area (Å²) in [5.74, 6) is 0.113. The van der Waals surface area contributed by atoms with Crippen molar-refractivity contribution in [3.8, 4) is 0 Å². The second-order valence-electron chi connectivity index (χ2n) is 3.84. The van der Waals surface area contributed by atoms with E-state index in [4.69, 9.17) is 0 Å². The summed E-state index contributed by atoms with van der Waals surface area (Å²) in [5.41, 5.74) is 1.14. The van der Waals surface area contributed by atoms with Gasteiger partial charge in [-0.1, -0.05) is 36.4 Å². The zero-order chi connectivity index (χ0) is 11.9. The Morgan fingerprint density at radius 3 is 2.65 bits per heavy atom. The van der Waals surface area contributed by atoms with Crippen molar-refractivity contribution >= 4 is 17.2 Å². The number of amides is 1. The van der Waals surface area contributed by atoms with Gasteiger partial charge in [0.1, 0.15) is 0 Å². The molecule has 0 aliphatic heterocycles. The van der Waals surface area contributed by atoms with Crippen LogP contribution in [0.25, 0.3) is 0 Å². The van der Waals surface area contributed by atoms with E-state index in [9.17, 15) is 4.79 Å². The third-order valence-corrected chi connectivity index (χ3v) is 3.45. The first-order valence-electron chi connectivity index (χ1n) is 5.67. The molecule has 0 spiro atoms. The van der Waals surface area contributed by atoms with Crippen molar-refractivity contribution in [1.82, 2.24) is 5.32 Å². The van der Waals surface area contributed by atoms with Crippen molar-refractivity contribution in [3.05, 3.63) is 58.3 Å². The molecule has 0 radical (unpaired) electrons. The van der Waals surface area contributed by atoms with Gasteiger partial charge in [0, 0.05) is 17.8 Å². The van der Waals surface area contributed by atoms with Gasteiger partial charge in [-0.05, 0) is 23.4 Å². The predicted octanol–water partition coefficient (Wildman–Crippen LogP) is 3.00. The van der Waals surface area contributed by atoms with Gasteiger partial charge >= 0.3 is 0 Å². The lowest BCUT2D eigenvalue weighted by Gasteiger charge is -2.04.